The van der Waals surface area contributed by atoms with E-state index in [1.165, 1.54) is 11.3 Å². The van der Waals surface area contributed by atoms with Crippen LogP contribution < -0.4 is 10.1 Å². The number of ether oxygens (including phenoxy) is 1. The van der Waals surface area contributed by atoms with Crippen molar-refractivity contribution < 1.29 is 14.1 Å². The van der Waals surface area contributed by atoms with E-state index in [9.17, 15) is 4.79 Å². The molecule has 2 aromatic carbocycles. The quantitative estimate of drug-likeness (QED) is 0.463. The van der Waals surface area contributed by atoms with Crippen LogP contribution in [-0.4, -0.2) is 22.7 Å². The van der Waals surface area contributed by atoms with Crippen molar-refractivity contribution in [2.45, 2.75) is 13.8 Å². The molecular weight excluding hydrogens is 386 g/mol. The first-order valence-electron chi connectivity index (χ1n) is 9.18. The molecule has 0 aliphatic rings. The van der Waals surface area contributed by atoms with E-state index in [1.54, 1.807) is 6.92 Å². The van der Waals surface area contributed by atoms with Crippen LogP contribution in [0.15, 0.2) is 64.5 Å². The Bertz CT molecular complexity index is 1140. The van der Waals surface area contributed by atoms with Crippen molar-refractivity contribution in [3.63, 3.8) is 0 Å². The Morgan fingerprint density at radius 2 is 1.90 bits per heavy atom. The highest BCUT2D eigenvalue weighted by molar-refractivity contribution is 7.14. The molecule has 0 aliphatic carbocycles. The number of hydrogen-bond donors (Lipinski definition) is 1. The fourth-order valence-electron chi connectivity index (χ4n) is 3.01. The van der Waals surface area contributed by atoms with Crippen LogP contribution in [0.5, 0.6) is 5.75 Å². The third kappa shape index (κ3) is 3.90. The number of nitrogens with one attached hydrogen (secondary N) is 1. The van der Waals surface area contributed by atoms with Gasteiger partial charge in [-0.25, -0.2) is 4.98 Å². The maximum absolute atomic E-state index is 12.9. The van der Waals surface area contributed by atoms with Crippen molar-refractivity contribution in [3.05, 3.63) is 71.3 Å². The maximum Gasteiger partial charge on any atom is 0.263 e. The summed E-state index contributed by atoms with van der Waals surface area (Å²) in [6, 6.07) is 17.2. The lowest BCUT2D eigenvalue weighted by Gasteiger charge is -2.07. The number of aromatic nitrogens is 2. The summed E-state index contributed by atoms with van der Waals surface area (Å²) in [5, 5.41) is 9.32. The first kappa shape index (κ1) is 18.9. The molecule has 2 heterocycles. The average molecular weight is 405 g/mol. The number of carbonyl (C=O) groups is 1. The number of benzene rings is 2. The highest BCUT2D eigenvalue weighted by Gasteiger charge is 2.22. The Labute approximate surface area is 172 Å². The van der Waals surface area contributed by atoms with Gasteiger partial charge >= 0.3 is 0 Å². The fraction of sp³-hybridized carbons (Fsp3) is 0.136. The monoisotopic (exact) mass is 405 g/mol. The van der Waals surface area contributed by atoms with Crippen LogP contribution in [0.25, 0.3) is 22.5 Å². The summed E-state index contributed by atoms with van der Waals surface area (Å²) in [5.41, 5.74) is 3.37. The highest BCUT2D eigenvalue weighted by atomic mass is 32.1. The lowest BCUT2D eigenvalue weighted by Crippen LogP contribution is -2.13. The molecule has 0 spiro atoms. The zero-order chi connectivity index (χ0) is 20.2. The summed E-state index contributed by atoms with van der Waals surface area (Å²) in [4.78, 5) is 17.5. The lowest BCUT2D eigenvalue weighted by molar-refractivity contribution is 0.102. The normalized spacial score (nSPS) is 10.7. The van der Waals surface area contributed by atoms with Gasteiger partial charge in [0.2, 0.25) is 0 Å². The first-order valence-corrected chi connectivity index (χ1v) is 10.1. The van der Waals surface area contributed by atoms with Crippen LogP contribution in [0.4, 0.5) is 5.13 Å². The maximum atomic E-state index is 12.9. The molecule has 7 heteroatoms. The number of aryl methyl sites for hydroxylation is 1. The Balaban J connectivity index is 1.60. The minimum Gasteiger partial charge on any atom is -0.493 e. The first-order chi connectivity index (χ1) is 14.2. The van der Waals surface area contributed by atoms with E-state index in [4.69, 9.17) is 9.26 Å². The number of carbonyl (C=O) groups excluding carboxylic acids is 1. The second-order valence-electron chi connectivity index (χ2n) is 6.25. The van der Waals surface area contributed by atoms with E-state index in [2.05, 4.69) is 15.5 Å². The summed E-state index contributed by atoms with van der Waals surface area (Å²) in [6.07, 6.45) is 0. The minimum atomic E-state index is -0.304. The van der Waals surface area contributed by atoms with Crippen molar-refractivity contribution in [2.75, 3.05) is 11.9 Å². The van der Waals surface area contributed by atoms with Crippen molar-refractivity contribution in [1.29, 1.82) is 0 Å². The SMILES string of the molecule is CCOc1ccccc1-c1csc(NC(=O)c2c(-c3ccccc3)noc2C)n1. The Hall–Kier alpha value is -3.45. The number of nitrogens with zero attached hydrogens (tertiary/aromatic N) is 2. The number of rotatable bonds is 6. The van der Waals surface area contributed by atoms with Crippen LogP contribution in [0.3, 0.4) is 0 Å². The number of amides is 1. The van der Waals surface area contributed by atoms with Gasteiger partial charge < -0.3 is 9.26 Å². The molecule has 1 N–H and O–H groups in total. The van der Waals surface area contributed by atoms with Gasteiger partial charge in [-0.2, -0.15) is 0 Å². The molecule has 146 valence electrons. The van der Waals surface area contributed by atoms with Gasteiger partial charge in [-0.15, -0.1) is 11.3 Å². The van der Waals surface area contributed by atoms with Gasteiger partial charge in [0.05, 0.1) is 12.3 Å². The number of hydrogen-bond acceptors (Lipinski definition) is 6. The Morgan fingerprint density at radius 3 is 2.69 bits per heavy atom. The molecule has 6 nitrogen and oxygen atoms in total. The Morgan fingerprint density at radius 1 is 1.14 bits per heavy atom. The highest BCUT2D eigenvalue weighted by Crippen LogP contribution is 2.33. The van der Waals surface area contributed by atoms with E-state index < -0.39 is 0 Å². The lowest BCUT2D eigenvalue weighted by atomic mass is 10.1. The van der Waals surface area contributed by atoms with Crippen LogP contribution >= 0.6 is 11.3 Å². The van der Waals surface area contributed by atoms with Crippen molar-refractivity contribution in [3.8, 4) is 28.3 Å². The third-order valence-corrected chi connectivity index (χ3v) is 5.08. The number of anilines is 1. The molecule has 0 fully saturated rings. The molecule has 1 amide bonds. The van der Waals surface area contributed by atoms with Crippen molar-refractivity contribution in [1.82, 2.24) is 10.1 Å². The predicted octanol–water partition coefficient (Wildman–Crippen LogP) is 5.42. The molecule has 2 aromatic heterocycles. The summed E-state index contributed by atoms with van der Waals surface area (Å²) < 4.78 is 11.0. The largest absolute Gasteiger partial charge is 0.493 e. The molecule has 4 aromatic rings. The second-order valence-corrected chi connectivity index (χ2v) is 7.11. The molecule has 0 saturated carbocycles. The molecule has 0 aliphatic heterocycles. The molecular formula is C22H19N3O3S. The smallest absolute Gasteiger partial charge is 0.263 e. The van der Waals surface area contributed by atoms with Crippen LogP contribution in [0.1, 0.15) is 23.0 Å². The average Bonchev–Trinajstić information content (AvgIpc) is 3.36. The fourth-order valence-corrected chi connectivity index (χ4v) is 3.71. The van der Waals surface area contributed by atoms with Gasteiger partial charge in [-0.1, -0.05) is 47.6 Å². The van der Waals surface area contributed by atoms with E-state index in [-0.39, 0.29) is 5.91 Å². The van der Waals surface area contributed by atoms with Crippen LogP contribution in [-0.2, 0) is 0 Å². The van der Waals surface area contributed by atoms with Crippen LogP contribution in [0.2, 0.25) is 0 Å². The second kappa shape index (κ2) is 8.28. The number of para-hydroxylation sites is 1. The zero-order valence-corrected chi connectivity index (χ0v) is 16.8. The van der Waals surface area contributed by atoms with Gasteiger partial charge in [0.15, 0.2) is 5.13 Å². The Kier molecular flexibility index (Phi) is 5.39. The standard InChI is InChI=1S/C22H19N3O3S/c1-3-27-18-12-8-7-11-16(18)17-13-29-22(23-17)24-21(26)19-14(2)28-25-20(19)15-9-5-4-6-10-15/h4-13H,3H2,1-2H3,(H,23,24,26). The van der Waals surface area contributed by atoms with Gasteiger partial charge in [-0.05, 0) is 26.0 Å². The van der Waals surface area contributed by atoms with Gasteiger partial charge in [-0.3, -0.25) is 10.1 Å². The van der Waals surface area contributed by atoms with E-state index >= 15 is 0 Å². The molecule has 0 atom stereocenters. The number of thiazole rings is 1. The molecule has 4 rings (SSSR count). The van der Waals surface area contributed by atoms with Crippen LogP contribution in [0, 0.1) is 6.92 Å². The summed E-state index contributed by atoms with van der Waals surface area (Å²) >= 11 is 1.35. The predicted molar refractivity (Wildman–Crippen MR) is 113 cm³/mol. The van der Waals surface area contributed by atoms with E-state index in [0.29, 0.717) is 28.8 Å². The van der Waals surface area contributed by atoms with Crippen molar-refractivity contribution in [2.24, 2.45) is 0 Å². The zero-order valence-electron chi connectivity index (χ0n) is 16.0. The summed E-state index contributed by atoms with van der Waals surface area (Å²) in [6.45, 7) is 4.23. The van der Waals surface area contributed by atoms with Gasteiger partial charge in [0.1, 0.15) is 22.8 Å². The summed E-state index contributed by atoms with van der Waals surface area (Å²) in [5.74, 6) is 0.917. The van der Waals surface area contributed by atoms with E-state index in [0.717, 1.165) is 22.6 Å². The molecule has 29 heavy (non-hydrogen) atoms. The summed E-state index contributed by atoms with van der Waals surface area (Å²) in [7, 11) is 0. The van der Waals surface area contributed by atoms with Gasteiger partial charge in [0, 0.05) is 16.5 Å². The molecule has 0 unspecified atom stereocenters. The topological polar surface area (TPSA) is 77.2 Å². The minimum absolute atomic E-state index is 0.304. The third-order valence-electron chi connectivity index (χ3n) is 4.32. The molecule has 0 radical (unpaired) electrons. The molecule has 0 bridgehead atoms. The van der Waals surface area contributed by atoms with Crippen molar-refractivity contribution >= 4 is 22.4 Å². The molecule has 0 saturated heterocycles. The van der Waals surface area contributed by atoms with E-state index in [1.807, 2.05) is 66.9 Å². The van der Waals surface area contributed by atoms with Gasteiger partial charge in [0.25, 0.3) is 5.91 Å².